The minimum atomic E-state index is -0.543. The normalized spacial score (nSPS) is 13.3. The predicted octanol–water partition coefficient (Wildman–Crippen LogP) is 3.85. The number of fused-ring (bicyclic) bond motifs is 1. The highest BCUT2D eigenvalue weighted by Crippen LogP contribution is 2.28. The van der Waals surface area contributed by atoms with Gasteiger partial charge in [-0.15, -0.1) is 0 Å². The molecule has 2 aromatic rings. The molecule has 0 atom stereocenters. The van der Waals surface area contributed by atoms with Crippen LogP contribution in [0.25, 0.3) is 6.08 Å². The summed E-state index contributed by atoms with van der Waals surface area (Å²) in [5, 5.41) is 11.0. The Labute approximate surface area is 137 Å². The highest BCUT2D eigenvalue weighted by Gasteiger charge is 2.22. The summed E-state index contributed by atoms with van der Waals surface area (Å²) in [5.74, 6) is -0.146. The van der Waals surface area contributed by atoms with Crippen molar-refractivity contribution >= 4 is 35.0 Å². The molecular weight excluding hydrogens is 316 g/mol. The van der Waals surface area contributed by atoms with Crippen molar-refractivity contribution in [2.24, 2.45) is 0 Å². The molecule has 1 amide bonds. The molecule has 5 nitrogen and oxygen atoms in total. The molecule has 0 bridgehead atoms. The summed E-state index contributed by atoms with van der Waals surface area (Å²) in [6.07, 6.45) is 3.82. The van der Waals surface area contributed by atoms with Gasteiger partial charge in [-0.25, -0.2) is 0 Å². The molecule has 0 aromatic heterocycles. The van der Waals surface area contributed by atoms with Crippen molar-refractivity contribution in [3.63, 3.8) is 0 Å². The first kappa shape index (κ1) is 15.2. The monoisotopic (exact) mass is 328 g/mol. The van der Waals surface area contributed by atoms with Gasteiger partial charge in [0.05, 0.1) is 4.92 Å². The lowest BCUT2D eigenvalue weighted by atomic mass is 10.1. The molecule has 0 spiro atoms. The van der Waals surface area contributed by atoms with E-state index in [-0.39, 0.29) is 16.6 Å². The van der Waals surface area contributed by atoms with Crippen LogP contribution in [0.3, 0.4) is 0 Å². The van der Waals surface area contributed by atoms with Crippen LogP contribution < -0.4 is 4.90 Å². The van der Waals surface area contributed by atoms with Crippen LogP contribution >= 0.6 is 11.6 Å². The standard InChI is InChI=1S/C17H13ClN2O3/c18-14-7-5-12(11-16(14)20(22)23)6-8-17(21)19-10-9-13-3-1-2-4-15(13)19/h1-8,11H,9-10H2/b8-6+. The molecule has 0 saturated heterocycles. The minimum absolute atomic E-state index is 0.0759. The van der Waals surface area contributed by atoms with Crippen LogP contribution in [0.2, 0.25) is 5.02 Å². The lowest BCUT2D eigenvalue weighted by Gasteiger charge is -2.14. The van der Waals surface area contributed by atoms with Gasteiger partial charge in [-0.2, -0.15) is 0 Å². The van der Waals surface area contributed by atoms with Crippen LogP contribution in [0.15, 0.2) is 48.5 Å². The predicted molar refractivity (Wildman–Crippen MR) is 89.6 cm³/mol. The SMILES string of the molecule is O=C(/C=C/c1ccc(Cl)c([N+](=O)[O-])c1)N1CCc2ccccc21. The van der Waals surface area contributed by atoms with Gasteiger partial charge in [-0.05, 0) is 35.8 Å². The Balaban J connectivity index is 1.80. The maximum absolute atomic E-state index is 12.3. The Hall–Kier alpha value is -2.66. The third-order valence-corrected chi connectivity index (χ3v) is 4.06. The first-order valence-electron chi connectivity index (χ1n) is 7.07. The van der Waals surface area contributed by atoms with E-state index in [1.807, 2.05) is 24.3 Å². The summed E-state index contributed by atoms with van der Waals surface area (Å²) < 4.78 is 0. The number of nitro benzene ring substituents is 1. The molecule has 0 saturated carbocycles. The maximum Gasteiger partial charge on any atom is 0.288 e. The van der Waals surface area contributed by atoms with Crippen LogP contribution in [0, 0.1) is 10.1 Å². The zero-order valence-electron chi connectivity index (χ0n) is 12.1. The minimum Gasteiger partial charge on any atom is -0.308 e. The number of carbonyl (C=O) groups excluding carboxylic acids is 1. The van der Waals surface area contributed by atoms with Gasteiger partial charge >= 0.3 is 0 Å². The van der Waals surface area contributed by atoms with Crippen LogP contribution in [-0.4, -0.2) is 17.4 Å². The van der Waals surface area contributed by atoms with Crippen molar-refractivity contribution in [3.8, 4) is 0 Å². The first-order chi connectivity index (χ1) is 11.1. The third kappa shape index (κ3) is 3.10. The van der Waals surface area contributed by atoms with Gasteiger partial charge in [0.15, 0.2) is 0 Å². The first-order valence-corrected chi connectivity index (χ1v) is 7.45. The quantitative estimate of drug-likeness (QED) is 0.488. The fourth-order valence-electron chi connectivity index (χ4n) is 2.60. The van der Waals surface area contributed by atoms with Crippen LogP contribution in [0.1, 0.15) is 11.1 Å². The Bertz CT molecular complexity index is 817. The van der Waals surface area contributed by atoms with E-state index in [9.17, 15) is 14.9 Å². The largest absolute Gasteiger partial charge is 0.308 e. The fourth-order valence-corrected chi connectivity index (χ4v) is 2.78. The molecule has 1 aliphatic rings. The Morgan fingerprint density at radius 2 is 2.04 bits per heavy atom. The molecule has 0 aliphatic carbocycles. The molecule has 3 rings (SSSR count). The van der Waals surface area contributed by atoms with Gasteiger partial charge in [-0.1, -0.05) is 35.9 Å². The number of carbonyl (C=O) groups is 1. The van der Waals surface area contributed by atoms with Crippen molar-refractivity contribution in [2.45, 2.75) is 6.42 Å². The second-order valence-corrected chi connectivity index (χ2v) is 5.58. The molecule has 0 N–H and O–H groups in total. The van der Waals surface area contributed by atoms with Crippen molar-refractivity contribution in [3.05, 3.63) is 74.8 Å². The lowest BCUT2D eigenvalue weighted by Crippen LogP contribution is -2.26. The molecular formula is C17H13ClN2O3. The van der Waals surface area contributed by atoms with Crippen molar-refractivity contribution in [1.29, 1.82) is 0 Å². The molecule has 1 heterocycles. The van der Waals surface area contributed by atoms with E-state index < -0.39 is 4.92 Å². The van der Waals surface area contributed by atoms with Crippen LogP contribution in [0.4, 0.5) is 11.4 Å². The lowest BCUT2D eigenvalue weighted by molar-refractivity contribution is -0.384. The third-order valence-electron chi connectivity index (χ3n) is 3.74. The molecule has 6 heteroatoms. The van der Waals surface area contributed by atoms with Gasteiger partial charge in [0.2, 0.25) is 0 Å². The van der Waals surface area contributed by atoms with Crippen molar-refractivity contribution < 1.29 is 9.72 Å². The summed E-state index contributed by atoms with van der Waals surface area (Å²) in [7, 11) is 0. The molecule has 2 aromatic carbocycles. The van der Waals surface area contributed by atoms with Gasteiger partial charge in [0, 0.05) is 24.4 Å². The number of benzene rings is 2. The Morgan fingerprint density at radius 3 is 2.83 bits per heavy atom. The summed E-state index contributed by atoms with van der Waals surface area (Å²) in [5.41, 5.74) is 2.45. The average Bonchev–Trinajstić information content (AvgIpc) is 2.97. The van der Waals surface area contributed by atoms with E-state index in [0.29, 0.717) is 12.1 Å². The molecule has 23 heavy (non-hydrogen) atoms. The summed E-state index contributed by atoms with van der Waals surface area (Å²) in [6.45, 7) is 0.642. The van der Waals surface area contributed by atoms with Gasteiger partial charge < -0.3 is 4.90 Å². The van der Waals surface area contributed by atoms with E-state index >= 15 is 0 Å². The second kappa shape index (κ2) is 6.22. The van der Waals surface area contributed by atoms with Gasteiger partial charge in [0.25, 0.3) is 11.6 Å². The number of rotatable bonds is 3. The number of amides is 1. The topological polar surface area (TPSA) is 63.4 Å². The van der Waals surface area contributed by atoms with Gasteiger partial charge in [-0.3, -0.25) is 14.9 Å². The zero-order valence-corrected chi connectivity index (χ0v) is 12.9. The summed E-state index contributed by atoms with van der Waals surface area (Å²) >= 11 is 5.77. The number of anilines is 1. The van der Waals surface area contributed by atoms with E-state index in [1.54, 1.807) is 17.0 Å². The number of hydrogen-bond acceptors (Lipinski definition) is 3. The molecule has 0 unspecified atom stereocenters. The van der Waals surface area contributed by atoms with Crippen molar-refractivity contribution in [2.75, 3.05) is 11.4 Å². The van der Waals surface area contributed by atoms with E-state index in [0.717, 1.165) is 17.7 Å². The number of nitrogens with zero attached hydrogens (tertiary/aromatic N) is 2. The Kier molecular flexibility index (Phi) is 4.12. The number of halogens is 1. The van der Waals surface area contributed by atoms with E-state index in [4.69, 9.17) is 11.6 Å². The zero-order chi connectivity index (χ0) is 16.4. The van der Waals surface area contributed by atoms with E-state index in [1.165, 1.54) is 18.2 Å². The average molecular weight is 329 g/mol. The fraction of sp³-hybridized carbons (Fsp3) is 0.118. The molecule has 116 valence electrons. The van der Waals surface area contributed by atoms with Crippen LogP contribution in [0.5, 0.6) is 0 Å². The molecule has 0 radical (unpaired) electrons. The number of hydrogen-bond donors (Lipinski definition) is 0. The molecule has 1 aliphatic heterocycles. The van der Waals surface area contributed by atoms with E-state index in [2.05, 4.69) is 0 Å². The summed E-state index contributed by atoms with van der Waals surface area (Å²) in [6, 6.07) is 12.2. The molecule has 0 fully saturated rings. The number of nitro groups is 1. The van der Waals surface area contributed by atoms with Crippen molar-refractivity contribution in [1.82, 2.24) is 0 Å². The maximum atomic E-state index is 12.3. The highest BCUT2D eigenvalue weighted by atomic mass is 35.5. The number of para-hydroxylation sites is 1. The highest BCUT2D eigenvalue weighted by molar-refractivity contribution is 6.32. The second-order valence-electron chi connectivity index (χ2n) is 5.17. The summed E-state index contributed by atoms with van der Waals surface area (Å²) in [4.78, 5) is 24.4. The smallest absolute Gasteiger partial charge is 0.288 e. The Morgan fingerprint density at radius 1 is 1.26 bits per heavy atom. The van der Waals surface area contributed by atoms with Gasteiger partial charge in [0.1, 0.15) is 5.02 Å². The van der Waals surface area contributed by atoms with Crippen LogP contribution in [-0.2, 0) is 11.2 Å².